The Kier molecular flexibility index (Phi) is 6.59. The average molecular weight is 483 g/mol. The van der Waals surface area contributed by atoms with Gasteiger partial charge in [0.15, 0.2) is 5.65 Å². The van der Waals surface area contributed by atoms with E-state index < -0.39 is 12.1 Å². The molecule has 0 radical (unpaired) electrons. The van der Waals surface area contributed by atoms with Gasteiger partial charge in [0.1, 0.15) is 12.1 Å². The maximum absolute atomic E-state index is 12.3. The number of hydrogen-bond acceptors (Lipinski definition) is 7. The summed E-state index contributed by atoms with van der Waals surface area (Å²) in [6.07, 6.45) is -3.01. The molecule has 8 nitrogen and oxygen atoms in total. The Balaban J connectivity index is 1.44. The van der Waals surface area contributed by atoms with Crippen LogP contribution in [0.5, 0.6) is 0 Å². The van der Waals surface area contributed by atoms with Gasteiger partial charge in [0, 0.05) is 42.6 Å². The molecule has 0 amide bonds. The molecule has 3 aromatic rings. The number of aromatic amines is 1. The van der Waals surface area contributed by atoms with E-state index in [1.54, 1.807) is 0 Å². The normalized spacial score (nSPS) is 14.7. The number of carbonyl (C=O) groups is 1. The Bertz CT molecular complexity index is 1140. The van der Waals surface area contributed by atoms with Crippen LogP contribution in [0.3, 0.4) is 0 Å². The predicted octanol–water partition coefficient (Wildman–Crippen LogP) is 3.68. The molecule has 1 fully saturated rings. The van der Waals surface area contributed by atoms with Crippen LogP contribution >= 0.6 is 11.6 Å². The molecule has 12 heteroatoms. The number of carbonyl (C=O) groups excluding carboxylic acids is 1. The summed E-state index contributed by atoms with van der Waals surface area (Å²) < 4.78 is 41.1. The number of aryl methyl sites for hydroxylation is 2. The summed E-state index contributed by atoms with van der Waals surface area (Å²) in [7, 11) is 0. The molecule has 1 aromatic carbocycles. The van der Waals surface area contributed by atoms with Crippen molar-refractivity contribution in [1.82, 2.24) is 20.2 Å². The third-order valence-electron chi connectivity index (χ3n) is 5.53. The smallest absolute Gasteiger partial charge is 0.459 e. The van der Waals surface area contributed by atoms with E-state index in [0.29, 0.717) is 35.9 Å². The fourth-order valence-electron chi connectivity index (χ4n) is 3.90. The number of benzene rings is 1. The van der Waals surface area contributed by atoms with E-state index >= 15 is 0 Å². The molecule has 0 bridgehead atoms. The molecule has 176 valence electrons. The van der Waals surface area contributed by atoms with Gasteiger partial charge in [-0.2, -0.15) is 18.3 Å². The zero-order chi connectivity index (χ0) is 23.6. The molecular formula is C21H22ClF3N6O2. The minimum Gasteiger partial charge on any atom is -0.459 e. The molecule has 2 aromatic heterocycles. The van der Waals surface area contributed by atoms with Gasteiger partial charge in [0.05, 0.1) is 12.0 Å². The number of esters is 1. The molecule has 3 heterocycles. The van der Waals surface area contributed by atoms with Gasteiger partial charge in [-0.25, -0.2) is 14.8 Å². The maximum Gasteiger partial charge on any atom is 0.490 e. The Morgan fingerprint density at radius 1 is 1.18 bits per heavy atom. The Morgan fingerprint density at radius 2 is 1.91 bits per heavy atom. The molecule has 1 saturated heterocycles. The number of piperazine rings is 1. The van der Waals surface area contributed by atoms with Gasteiger partial charge >= 0.3 is 12.1 Å². The third kappa shape index (κ3) is 5.13. The molecule has 33 heavy (non-hydrogen) atoms. The van der Waals surface area contributed by atoms with E-state index in [-0.39, 0.29) is 13.0 Å². The first-order chi connectivity index (χ1) is 15.7. The maximum atomic E-state index is 12.3. The van der Waals surface area contributed by atoms with Crippen LogP contribution in [-0.4, -0.2) is 65.1 Å². The first-order valence-electron chi connectivity index (χ1n) is 10.4. The molecule has 0 saturated carbocycles. The van der Waals surface area contributed by atoms with Crippen molar-refractivity contribution in [1.29, 1.82) is 0 Å². The van der Waals surface area contributed by atoms with E-state index in [2.05, 4.69) is 41.6 Å². The molecule has 0 atom stereocenters. The average Bonchev–Trinajstić information content (AvgIpc) is 3.21. The van der Waals surface area contributed by atoms with Crippen LogP contribution in [0, 0.1) is 6.92 Å². The zero-order valence-electron chi connectivity index (χ0n) is 17.8. The van der Waals surface area contributed by atoms with E-state index in [4.69, 9.17) is 11.6 Å². The van der Waals surface area contributed by atoms with Gasteiger partial charge in [-0.05, 0) is 37.5 Å². The topological polar surface area (TPSA) is 87.2 Å². The van der Waals surface area contributed by atoms with Crippen LogP contribution in [0.1, 0.15) is 17.7 Å². The molecule has 0 unspecified atom stereocenters. The quantitative estimate of drug-likeness (QED) is 0.423. The van der Waals surface area contributed by atoms with Gasteiger partial charge in [0.25, 0.3) is 0 Å². The summed E-state index contributed by atoms with van der Waals surface area (Å²) in [5.74, 6) is -1.47. The monoisotopic (exact) mass is 482 g/mol. The molecule has 0 spiro atoms. The standard InChI is InChI=1S/C21H22ClF3N6O2/c1-13-4-5-14(22)11-16(13)30-6-8-31(9-7-30)19-17-15(28-29-18(17)26-12-27-19)3-2-10-33-20(32)21(23,24)25/h4-5,11-12H,2-3,6-10H2,1H3,(H,26,27,28,29). The van der Waals surface area contributed by atoms with Crippen molar-refractivity contribution in [2.24, 2.45) is 0 Å². The summed E-state index contributed by atoms with van der Waals surface area (Å²) in [6, 6.07) is 5.84. The Morgan fingerprint density at radius 3 is 2.64 bits per heavy atom. The zero-order valence-corrected chi connectivity index (χ0v) is 18.6. The predicted molar refractivity (Wildman–Crippen MR) is 118 cm³/mol. The summed E-state index contributed by atoms with van der Waals surface area (Å²) >= 11 is 6.17. The van der Waals surface area contributed by atoms with Crippen LogP contribution in [0.15, 0.2) is 24.5 Å². The van der Waals surface area contributed by atoms with Crippen molar-refractivity contribution in [3.8, 4) is 0 Å². The highest BCUT2D eigenvalue weighted by Gasteiger charge is 2.40. The van der Waals surface area contributed by atoms with E-state index in [1.807, 2.05) is 18.2 Å². The van der Waals surface area contributed by atoms with Gasteiger partial charge in [0.2, 0.25) is 0 Å². The summed E-state index contributed by atoms with van der Waals surface area (Å²) in [6.45, 7) is 4.67. The van der Waals surface area contributed by atoms with E-state index in [0.717, 1.165) is 35.5 Å². The summed E-state index contributed by atoms with van der Waals surface area (Å²) in [5.41, 5.74) is 3.43. The lowest BCUT2D eigenvalue weighted by Gasteiger charge is -2.37. The van der Waals surface area contributed by atoms with Crippen LogP contribution in [0.4, 0.5) is 24.7 Å². The van der Waals surface area contributed by atoms with E-state index in [1.165, 1.54) is 6.33 Å². The largest absolute Gasteiger partial charge is 0.490 e. The summed E-state index contributed by atoms with van der Waals surface area (Å²) in [4.78, 5) is 23.9. The number of rotatable bonds is 6. The van der Waals surface area contributed by atoms with Crippen LogP contribution in [-0.2, 0) is 16.0 Å². The number of anilines is 2. The lowest BCUT2D eigenvalue weighted by Crippen LogP contribution is -2.47. The molecule has 1 aliphatic heterocycles. The van der Waals surface area contributed by atoms with Crippen molar-refractivity contribution in [3.05, 3.63) is 40.8 Å². The number of fused-ring (bicyclic) bond motifs is 1. The van der Waals surface area contributed by atoms with Crippen molar-refractivity contribution < 1.29 is 22.7 Å². The fraction of sp³-hybridized carbons (Fsp3) is 0.429. The highest BCUT2D eigenvalue weighted by Crippen LogP contribution is 2.29. The highest BCUT2D eigenvalue weighted by atomic mass is 35.5. The Hall–Kier alpha value is -3.08. The number of hydrogen-bond donors (Lipinski definition) is 1. The number of alkyl halides is 3. The first-order valence-corrected chi connectivity index (χ1v) is 10.8. The lowest BCUT2D eigenvalue weighted by atomic mass is 10.1. The molecular weight excluding hydrogens is 461 g/mol. The molecule has 0 aliphatic carbocycles. The van der Waals surface area contributed by atoms with Crippen molar-refractivity contribution >= 4 is 40.1 Å². The van der Waals surface area contributed by atoms with Crippen LogP contribution in [0.2, 0.25) is 5.02 Å². The van der Waals surface area contributed by atoms with Gasteiger partial charge in [-0.1, -0.05) is 17.7 Å². The van der Waals surface area contributed by atoms with Crippen LogP contribution in [0.25, 0.3) is 11.0 Å². The first kappa shape index (κ1) is 23.1. The van der Waals surface area contributed by atoms with Gasteiger partial charge in [-0.15, -0.1) is 0 Å². The second kappa shape index (κ2) is 9.42. The van der Waals surface area contributed by atoms with Gasteiger partial charge < -0.3 is 14.5 Å². The SMILES string of the molecule is Cc1ccc(Cl)cc1N1CCN(c2ncnc3n[nH]c(CCCOC(=O)C(F)(F)F)c23)CC1. The van der Waals surface area contributed by atoms with Crippen LogP contribution < -0.4 is 9.80 Å². The Labute approximate surface area is 192 Å². The number of nitrogens with one attached hydrogen (secondary N) is 1. The second-order valence-corrected chi connectivity index (χ2v) is 8.18. The fourth-order valence-corrected chi connectivity index (χ4v) is 4.06. The molecule has 4 rings (SSSR count). The number of aromatic nitrogens is 4. The van der Waals surface area contributed by atoms with Gasteiger partial charge in [-0.3, -0.25) is 5.10 Å². The number of ether oxygens (including phenoxy) is 1. The number of nitrogens with zero attached hydrogens (tertiary/aromatic N) is 5. The number of halogens is 4. The van der Waals surface area contributed by atoms with Crippen molar-refractivity contribution in [3.63, 3.8) is 0 Å². The molecule has 1 N–H and O–H groups in total. The lowest BCUT2D eigenvalue weighted by molar-refractivity contribution is -0.199. The number of H-pyrrole nitrogens is 1. The minimum atomic E-state index is -4.99. The second-order valence-electron chi connectivity index (χ2n) is 7.74. The highest BCUT2D eigenvalue weighted by molar-refractivity contribution is 6.30. The molecule has 1 aliphatic rings. The van der Waals surface area contributed by atoms with Crippen molar-refractivity contribution in [2.45, 2.75) is 25.9 Å². The van der Waals surface area contributed by atoms with Crippen molar-refractivity contribution in [2.75, 3.05) is 42.6 Å². The van der Waals surface area contributed by atoms with E-state index in [9.17, 15) is 18.0 Å². The summed E-state index contributed by atoms with van der Waals surface area (Å²) in [5, 5.41) is 8.51. The third-order valence-corrected chi connectivity index (χ3v) is 5.77. The minimum absolute atomic E-state index is 0.204.